The molecule has 118 valence electrons. The van der Waals surface area contributed by atoms with Gasteiger partial charge in [-0.05, 0) is 44.0 Å². The van der Waals surface area contributed by atoms with Crippen molar-refractivity contribution in [2.24, 2.45) is 11.7 Å². The average Bonchev–Trinajstić information content (AvgIpc) is 2.37. The molecule has 5 heteroatoms. The van der Waals surface area contributed by atoms with Crippen LogP contribution in [-0.4, -0.2) is 25.0 Å². The highest BCUT2D eigenvalue weighted by Gasteiger charge is 2.14. The molecule has 0 saturated heterocycles. The Hall–Kier alpha value is -1.26. The Morgan fingerprint density at radius 3 is 2.48 bits per heavy atom. The summed E-state index contributed by atoms with van der Waals surface area (Å²) >= 11 is 6.35. The lowest BCUT2D eigenvalue weighted by Gasteiger charge is -2.28. The Bertz CT molecular complexity index is 475. The standard InChI is InChI=1S/C16H26ClN3O/c1-11(2)8-19-9-13-5-6-14(7-15(13)17)20(12(3)4)10-16(18)21/h5-7,11-12,19H,8-10H2,1-4H3,(H2,18,21). The second-order valence-electron chi connectivity index (χ2n) is 5.99. The quantitative estimate of drug-likeness (QED) is 0.776. The van der Waals surface area contributed by atoms with Crippen molar-refractivity contribution in [3.63, 3.8) is 0 Å². The van der Waals surface area contributed by atoms with Gasteiger partial charge in [-0.25, -0.2) is 0 Å². The van der Waals surface area contributed by atoms with Gasteiger partial charge in [-0.2, -0.15) is 0 Å². The van der Waals surface area contributed by atoms with Gasteiger partial charge in [-0.15, -0.1) is 0 Å². The maximum atomic E-state index is 11.2. The van der Waals surface area contributed by atoms with E-state index in [-0.39, 0.29) is 18.5 Å². The Labute approximate surface area is 132 Å². The number of amides is 1. The fraction of sp³-hybridized carbons (Fsp3) is 0.562. The molecule has 0 unspecified atom stereocenters. The highest BCUT2D eigenvalue weighted by molar-refractivity contribution is 6.31. The summed E-state index contributed by atoms with van der Waals surface area (Å²) in [6.07, 6.45) is 0. The van der Waals surface area contributed by atoms with Gasteiger partial charge < -0.3 is 16.0 Å². The topological polar surface area (TPSA) is 58.4 Å². The van der Waals surface area contributed by atoms with E-state index in [1.807, 2.05) is 36.9 Å². The third-order valence-corrected chi connectivity index (χ3v) is 3.54. The number of anilines is 1. The fourth-order valence-corrected chi connectivity index (χ4v) is 2.34. The molecule has 1 rings (SSSR count). The molecule has 0 aliphatic rings. The number of nitrogens with two attached hydrogens (primary N) is 1. The number of carbonyl (C=O) groups excluding carboxylic acids is 1. The molecule has 1 amide bonds. The van der Waals surface area contributed by atoms with E-state index in [9.17, 15) is 4.79 Å². The first-order chi connectivity index (χ1) is 9.81. The van der Waals surface area contributed by atoms with Gasteiger partial charge in [-0.1, -0.05) is 31.5 Å². The predicted octanol–water partition coefficient (Wildman–Crippen LogP) is 2.79. The Kier molecular flexibility index (Phi) is 6.99. The SMILES string of the molecule is CC(C)CNCc1ccc(N(CC(N)=O)C(C)C)cc1Cl. The molecule has 1 aromatic rings. The molecule has 0 bridgehead atoms. The minimum atomic E-state index is -0.345. The van der Waals surface area contributed by atoms with Gasteiger partial charge in [-0.3, -0.25) is 4.79 Å². The van der Waals surface area contributed by atoms with E-state index in [1.165, 1.54) is 0 Å². The number of primary amides is 1. The molecule has 0 aromatic heterocycles. The van der Waals surface area contributed by atoms with Crippen molar-refractivity contribution in [2.45, 2.75) is 40.3 Å². The molecule has 0 fully saturated rings. The molecule has 0 aliphatic carbocycles. The second kappa shape index (κ2) is 8.25. The maximum Gasteiger partial charge on any atom is 0.236 e. The summed E-state index contributed by atoms with van der Waals surface area (Å²) in [5.74, 6) is 0.262. The Balaban J connectivity index is 2.81. The first-order valence-corrected chi connectivity index (χ1v) is 7.73. The molecular formula is C16H26ClN3O. The van der Waals surface area contributed by atoms with Crippen molar-refractivity contribution in [3.8, 4) is 0 Å². The minimum Gasteiger partial charge on any atom is -0.368 e. The van der Waals surface area contributed by atoms with E-state index < -0.39 is 0 Å². The van der Waals surface area contributed by atoms with Crippen LogP contribution in [0.25, 0.3) is 0 Å². The lowest BCUT2D eigenvalue weighted by Crippen LogP contribution is -2.38. The van der Waals surface area contributed by atoms with Gasteiger partial charge >= 0.3 is 0 Å². The zero-order valence-electron chi connectivity index (χ0n) is 13.3. The van der Waals surface area contributed by atoms with E-state index in [1.54, 1.807) is 0 Å². The van der Waals surface area contributed by atoms with E-state index in [2.05, 4.69) is 19.2 Å². The molecule has 0 radical (unpaired) electrons. The van der Waals surface area contributed by atoms with Crippen molar-refractivity contribution >= 4 is 23.2 Å². The number of carbonyl (C=O) groups is 1. The lowest BCUT2D eigenvalue weighted by atomic mass is 10.1. The van der Waals surface area contributed by atoms with Crippen molar-refractivity contribution in [3.05, 3.63) is 28.8 Å². The van der Waals surface area contributed by atoms with E-state index in [0.29, 0.717) is 10.9 Å². The molecule has 0 aliphatic heterocycles. The summed E-state index contributed by atoms with van der Waals surface area (Å²) in [5.41, 5.74) is 7.28. The number of nitrogens with zero attached hydrogens (tertiary/aromatic N) is 1. The van der Waals surface area contributed by atoms with Crippen LogP contribution in [0, 0.1) is 5.92 Å². The van der Waals surface area contributed by atoms with E-state index in [4.69, 9.17) is 17.3 Å². The first-order valence-electron chi connectivity index (χ1n) is 7.35. The molecule has 21 heavy (non-hydrogen) atoms. The van der Waals surface area contributed by atoms with Crippen LogP contribution >= 0.6 is 11.6 Å². The van der Waals surface area contributed by atoms with Crippen LogP contribution in [0.1, 0.15) is 33.3 Å². The van der Waals surface area contributed by atoms with Gasteiger partial charge in [0, 0.05) is 23.3 Å². The summed E-state index contributed by atoms with van der Waals surface area (Å²) in [6.45, 7) is 10.3. The normalized spacial score (nSPS) is 11.2. The minimum absolute atomic E-state index is 0.179. The summed E-state index contributed by atoms with van der Waals surface area (Å²) < 4.78 is 0. The van der Waals surface area contributed by atoms with Crippen LogP contribution in [0.2, 0.25) is 5.02 Å². The summed E-state index contributed by atoms with van der Waals surface area (Å²) in [5, 5.41) is 4.08. The number of rotatable bonds is 8. The summed E-state index contributed by atoms with van der Waals surface area (Å²) in [6, 6.07) is 6.07. The van der Waals surface area contributed by atoms with Crippen molar-refractivity contribution in [2.75, 3.05) is 18.0 Å². The van der Waals surface area contributed by atoms with Gasteiger partial charge in [0.15, 0.2) is 0 Å². The third kappa shape index (κ3) is 5.94. The number of halogens is 1. The van der Waals surface area contributed by atoms with Crippen molar-refractivity contribution in [1.82, 2.24) is 5.32 Å². The smallest absolute Gasteiger partial charge is 0.236 e. The van der Waals surface area contributed by atoms with Crippen LogP contribution in [-0.2, 0) is 11.3 Å². The van der Waals surface area contributed by atoms with Crippen molar-refractivity contribution < 1.29 is 4.79 Å². The van der Waals surface area contributed by atoms with Crippen LogP contribution in [0.4, 0.5) is 5.69 Å². The number of hydrogen-bond donors (Lipinski definition) is 2. The Morgan fingerprint density at radius 2 is 2.00 bits per heavy atom. The molecule has 1 aromatic carbocycles. The highest BCUT2D eigenvalue weighted by atomic mass is 35.5. The number of hydrogen-bond acceptors (Lipinski definition) is 3. The monoisotopic (exact) mass is 311 g/mol. The first kappa shape index (κ1) is 17.8. The van der Waals surface area contributed by atoms with Gasteiger partial charge in [0.2, 0.25) is 5.91 Å². The van der Waals surface area contributed by atoms with Gasteiger partial charge in [0.1, 0.15) is 0 Å². The molecule has 0 atom stereocenters. The van der Waals surface area contributed by atoms with Crippen LogP contribution < -0.4 is 16.0 Å². The average molecular weight is 312 g/mol. The zero-order chi connectivity index (χ0) is 16.0. The molecule has 0 spiro atoms. The van der Waals surface area contributed by atoms with E-state index in [0.717, 1.165) is 24.3 Å². The second-order valence-corrected chi connectivity index (χ2v) is 6.40. The lowest BCUT2D eigenvalue weighted by molar-refractivity contribution is -0.116. The van der Waals surface area contributed by atoms with Gasteiger partial charge in [0.05, 0.1) is 6.54 Å². The van der Waals surface area contributed by atoms with Gasteiger partial charge in [0.25, 0.3) is 0 Å². The van der Waals surface area contributed by atoms with Crippen LogP contribution in [0.5, 0.6) is 0 Å². The predicted molar refractivity (Wildman–Crippen MR) is 89.7 cm³/mol. The number of benzene rings is 1. The third-order valence-electron chi connectivity index (χ3n) is 3.19. The summed E-state index contributed by atoms with van der Waals surface area (Å²) in [7, 11) is 0. The summed E-state index contributed by atoms with van der Waals surface area (Å²) in [4.78, 5) is 13.1. The number of nitrogens with one attached hydrogen (secondary N) is 1. The zero-order valence-corrected chi connectivity index (χ0v) is 14.1. The van der Waals surface area contributed by atoms with Crippen LogP contribution in [0.15, 0.2) is 18.2 Å². The molecule has 3 N–H and O–H groups in total. The molecular weight excluding hydrogens is 286 g/mol. The largest absolute Gasteiger partial charge is 0.368 e. The van der Waals surface area contributed by atoms with Crippen LogP contribution in [0.3, 0.4) is 0 Å². The molecule has 0 heterocycles. The maximum absolute atomic E-state index is 11.2. The van der Waals surface area contributed by atoms with E-state index >= 15 is 0 Å². The highest BCUT2D eigenvalue weighted by Crippen LogP contribution is 2.25. The molecule has 4 nitrogen and oxygen atoms in total. The fourth-order valence-electron chi connectivity index (χ4n) is 2.09. The molecule has 0 saturated carbocycles. The Morgan fingerprint density at radius 1 is 1.33 bits per heavy atom. The van der Waals surface area contributed by atoms with Crippen molar-refractivity contribution in [1.29, 1.82) is 0 Å².